The van der Waals surface area contributed by atoms with Gasteiger partial charge >= 0.3 is 0 Å². The quantitative estimate of drug-likeness (QED) is 0.875. The van der Waals surface area contributed by atoms with Crippen molar-refractivity contribution in [2.24, 2.45) is 0 Å². The monoisotopic (exact) mass is 286 g/mol. The summed E-state index contributed by atoms with van der Waals surface area (Å²) in [6.45, 7) is 4.91. The molecule has 0 aliphatic rings. The van der Waals surface area contributed by atoms with E-state index in [1.807, 2.05) is 38.1 Å². The number of aromatic nitrogens is 2. The summed E-state index contributed by atoms with van der Waals surface area (Å²) in [4.78, 5) is 20.0. The minimum absolute atomic E-state index is 0.0719. The molecule has 0 bridgehead atoms. The number of nitrogens with one attached hydrogen (secondary N) is 1. The van der Waals surface area contributed by atoms with Crippen molar-refractivity contribution in [2.45, 2.75) is 13.8 Å². The fraction of sp³-hybridized carbons (Fsp3) is 0.267. The molecule has 6 nitrogen and oxygen atoms in total. The van der Waals surface area contributed by atoms with Crippen LogP contribution in [0.25, 0.3) is 11.3 Å². The maximum atomic E-state index is 11.8. The van der Waals surface area contributed by atoms with Gasteiger partial charge in [0.05, 0.1) is 12.3 Å². The lowest BCUT2D eigenvalue weighted by Crippen LogP contribution is -2.24. The van der Waals surface area contributed by atoms with Crippen molar-refractivity contribution in [3.05, 3.63) is 36.0 Å². The molecule has 0 unspecified atom stereocenters. The number of ether oxygens (including phenoxy) is 1. The van der Waals surface area contributed by atoms with Crippen molar-refractivity contribution in [1.82, 2.24) is 15.3 Å². The third kappa shape index (κ3) is 3.68. The van der Waals surface area contributed by atoms with Crippen LogP contribution in [0.5, 0.6) is 5.75 Å². The molecule has 6 heteroatoms. The molecule has 1 amide bonds. The molecule has 0 aliphatic carbocycles. The highest BCUT2D eigenvalue weighted by molar-refractivity contribution is 5.93. The van der Waals surface area contributed by atoms with Gasteiger partial charge < -0.3 is 15.8 Å². The van der Waals surface area contributed by atoms with E-state index in [-0.39, 0.29) is 17.5 Å². The van der Waals surface area contributed by atoms with Crippen LogP contribution in [0.1, 0.15) is 24.3 Å². The zero-order chi connectivity index (χ0) is 15.2. The van der Waals surface area contributed by atoms with E-state index in [9.17, 15) is 4.79 Å². The number of hydrogen-bond donors (Lipinski definition) is 2. The standard InChI is InChI=1S/C15H18N4O2/c1-3-17-14(20)13-9-12(18-15(16)19-13)10-5-7-11(8-6-10)21-4-2/h5-9H,3-4H2,1-2H3,(H,17,20)(H2,16,18,19). The number of amides is 1. The first-order valence-corrected chi connectivity index (χ1v) is 6.80. The predicted octanol–water partition coefficient (Wildman–Crippen LogP) is 1.87. The molecule has 1 aromatic heterocycles. The van der Waals surface area contributed by atoms with Crippen LogP contribution in [0.3, 0.4) is 0 Å². The van der Waals surface area contributed by atoms with Crippen LogP contribution >= 0.6 is 0 Å². The van der Waals surface area contributed by atoms with Crippen molar-refractivity contribution in [3.63, 3.8) is 0 Å². The Kier molecular flexibility index (Phi) is 4.71. The Bertz CT molecular complexity index is 626. The molecule has 0 atom stereocenters. The van der Waals surface area contributed by atoms with E-state index >= 15 is 0 Å². The van der Waals surface area contributed by atoms with Gasteiger partial charge in [0, 0.05) is 12.1 Å². The van der Waals surface area contributed by atoms with E-state index in [1.54, 1.807) is 6.07 Å². The van der Waals surface area contributed by atoms with Gasteiger partial charge in [-0.05, 0) is 44.2 Å². The molecule has 110 valence electrons. The Morgan fingerprint density at radius 3 is 2.57 bits per heavy atom. The third-order valence-corrected chi connectivity index (χ3v) is 2.77. The van der Waals surface area contributed by atoms with Gasteiger partial charge in [-0.25, -0.2) is 9.97 Å². The summed E-state index contributed by atoms with van der Waals surface area (Å²) in [5.74, 6) is 0.591. The zero-order valence-corrected chi connectivity index (χ0v) is 12.1. The van der Waals surface area contributed by atoms with Crippen LogP contribution < -0.4 is 15.8 Å². The number of rotatable bonds is 5. The van der Waals surface area contributed by atoms with Crippen molar-refractivity contribution in [2.75, 3.05) is 18.9 Å². The maximum Gasteiger partial charge on any atom is 0.270 e. The van der Waals surface area contributed by atoms with E-state index in [4.69, 9.17) is 10.5 Å². The molecule has 1 heterocycles. The summed E-state index contributed by atoms with van der Waals surface area (Å²) in [7, 11) is 0. The van der Waals surface area contributed by atoms with Crippen LogP contribution in [0.2, 0.25) is 0 Å². The molecular weight excluding hydrogens is 268 g/mol. The molecule has 1 aromatic carbocycles. The highest BCUT2D eigenvalue weighted by Gasteiger charge is 2.11. The average Bonchev–Trinajstić information content (AvgIpc) is 2.48. The molecule has 0 spiro atoms. The summed E-state index contributed by atoms with van der Waals surface area (Å²) in [5, 5.41) is 2.69. The maximum absolute atomic E-state index is 11.8. The van der Waals surface area contributed by atoms with Gasteiger partial charge in [0.2, 0.25) is 5.95 Å². The van der Waals surface area contributed by atoms with Gasteiger partial charge in [0.25, 0.3) is 5.91 Å². The summed E-state index contributed by atoms with van der Waals surface area (Å²) < 4.78 is 5.39. The average molecular weight is 286 g/mol. The minimum atomic E-state index is -0.265. The fourth-order valence-electron chi connectivity index (χ4n) is 1.87. The molecule has 2 aromatic rings. The van der Waals surface area contributed by atoms with Crippen LogP contribution in [-0.4, -0.2) is 29.0 Å². The topological polar surface area (TPSA) is 90.1 Å². The Morgan fingerprint density at radius 1 is 1.24 bits per heavy atom. The van der Waals surface area contributed by atoms with Crippen LogP contribution in [0.4, 0.5) is 5.95 Å². The number of nitrogens with zero attached hydrogens (tertiary/aromatic N) is 2. The first-order chi connectivity index (χ1) is 10.1. The Hall–Kier alpha value is -2.63. The third-order valence-electron chi connectivity index (χ3n) is 2.77. The van der Waals surface area contributed by atoms with E-state index in [1.165, 1.54) is 0 Å². The zero-order valence-electron chi connectivity index (χ0n) is 12.1. The highest BCUT2D eigenvalue weighted by atomic mass is 16.5. The lowest BCUT2D eigenvalue weighted by Gasteiger charge is -2.07. The number of nitrogen functional groups attached to an aromatic ring is 1. The number of carbonyl (C=O) groups excluding carboxylic acids is 1. The number of carbonyl (C=O) groups is 1. The van der Waals surface area contributed by atoms with Gasteiger partial charge in [-0.1, -0.05) is 0 Å². The summed E-state index contributed by atoms with van der Waals surface area (Å²) in [6, 6.07) is 9.06. The van der Waals surface area contributed by atoms with E-state index in [0.717, 1.165) is 11.3 Å². The minimum Gasteiger partial charge on any atom is -0.494 e. The summed E-state index contributed by atoms with van der Waals surface area (Å²) in [6.07, 6.45) is 0. The first-order valence-electron chi connectivity index (χ1n) is 6.80. The van der Waals surface area contributed by atoms with Crippen molar-refractivity contribution < 1.29 is 9.53 Å². The molecule has 0 radical (unpaired) electrons. The van der Waals surface area contributed by atoms with Crippen LogP contribution in [0.15, 0.2) is 30.3 Å². The van der Waals surface area contributed by atoms with Crippen molar-refractivity contribution in [1.29, 1.82) is 0 Å². The molecule has 2 rings (SSSR count). The molecule has 0 saturated heterocycles. The second kappa shape index (κ2) is 6.69. The SMILES string of the molecule is CCNC(=O)c1cc(-c2ccc(OCC)cc2)nc(N)n1. The summed E-state index contributed by atoms with van der Waals surface area (Å²) >= 11 is 0. The first kappa shape index (κ1) is 14.8. The fourth-order valence-corrected chi connectivity index (χ4v) is 1.87. The molecule has 21 heavy (non-hydrogen) atoms. The van der Waals surface area contributed by atoms with Gasteiger partial charge in [-0.3, -0.25) is 4.79 Å². The lowest BCUT2D eigenvalue weighted by molar-refractivity contribution is 0.0951. The number of nitrogens with two attached hydrogens (primary N) is 1. The second-order valence-electron chi connectivity index (χ2n) is 4.31. The second-order valence-corrected chi connectivity index (χ2v) is 4.31. The summed E-state index contributed by atoms with van der Waals surface area (Å²) in [5.41, 5.74) is 7.39. The van der Waals surface area contributed by atoms with Gasteiger partial charge in [0.1, 0.15) is 11.4 Å². The molecule has 3 N–H and O–H groups in total. The van der Waals surface area contributed by atoms with Crippen LogP contribution in [-0.2, 0) is 0 Å². The highest BCUT2D eigenvalue weighted by Crippen LogP contribution is 2.22. The van der Waals surface area contributed by atoms with E-state index < -0.39 is 0 Å². The predicted molar refractivity (Wildman–Crippen MR) is 81.1 cm³/mol. The number of anilines is 1. The largest absolute Gasteiger partial charge is 0.494 e. The molecule has 0 saturated carbocycles. The molecule has 0 fully saturated rings. The molecular formula is C15H18N4O2. The van der Waals surface area contributed by atoms with Gasteiger partial charge in [0.15, 0.2) is 0 Å². The Labute approximate surface area is 123 Å². The smallest absolute Gasteiger partial charge is 0.270 e. The van der Waals surface area contributed by atoms with Gasteiger partial charge in [-0.15, -0.1) is 0 Å². The Morgan fingerprint density at radius 2 is 1.95 bits per heavy atom. The van der Waals surface area contributed by atoms with Crippen molar-refractivity contribution >= 4 is 11.9 Å². The van der Waals surface area contributed by atoms with Crippen molar-refractivity contribution in [3.8, 4) is 17.0 Å². The number of benzene rings is 1. The van der Waals surface area contributed by atoms with Crippen LogP contribution in [0, 0.1) is 0 Å². The van der Waals surface area contributed by atoms with Gasteiger partial charge in [-0.2, -0.15) is 0 Å². The lowest BCUT2D eigenvalue weighted by atomic mass is 10.1. The van der Waals surface area contributed by atoms with E-state index in [0.29, 0.717) is 18.8 Å². The van der Waals surface area contributed by atoms with E-state index in [2.05, 4.69) is 15.3 Å². The molecule has 0 aliphatic heterocycles. The Balaban J connectivity index is 2.32. The normalized spacial score (nSPS) is 10.2. The number of hydrogen-bond acceptors (Lipinski definition) is 5.